The molecule has 0 aliphatic carbocycles. The average Bonchev–Trinajstić information content (AvgIpc) is 2.73. The Morgan fingerprint density at radius 1 is 0.968 bits per heavy atom. The average molecular weight is 443 g/mol. The minimum atomic E-state index is -4.48. The van der Waals surface area contributed by atoms with Crippen LogP contribution in [0.25, 0.3) is 27.7 Å². The summed E-state index contributed by atoms with van der Waals surface area (Å²) in [5.41, 5.74) is 6.64. The number of anilines is 1. The molecule has 5 nitrogen and oxygen atoms in total. The summed E-state index contributed by atoms with van der Waals surface area (Å²) in [4.78, 5) is 18.0. The van der Waals surface area contributed by atoms with Crippen molar-refractivity contribution in [2.45, 2.75) is 11.1 Å². The van der Waals surface area contributed by atoms with Gasteiger partial charge in [0.25, 0.3) is 5.56 Å². The molecular weight excluding hydrogens is 427 g/mol. The van der Waals surface area contributed by atoms with Crippen molar-refractivity contribution < 1.29 is 17.4 Å². The van der Waals surface area contributed by atoms with E-state index in [-0.39, 0.29) is 17.0 Å². The van der Waals surface area contributed by atoms with Crippen molar-refractivity contribution in [3.8, 4) is 16.8 Å². The molecule has 0 radical (unpaired) electrons. The van der Waals surface area contributed by atoms with Crippen LogP contribution in [-0.2, 0) is 17.0 Å². The number of rotatable bonds is 3. The molecule has 4 aromatic rings. The van der Waals surface area contributed by atoms with Gasteiger partial charge in [-0.05, 0) is 59.7 Å². The van der Waals surface area contributed by atoms with Gasteiger partial charge in [0, 0.05) is 22.0 Å². The molecule has 1 atom stereocenters. The molecule has 0 amide bonds. The molecule has 1 heterocycles. The summed E-state index contributed by atoms with van der Waals surface area (Å²) in [6.07, 6.45) is -2.91. The Balaban J connectivity index is 1.86. The van der Waals surface area contributed by atoms with Gasteiger partial charge in [-0.25, -0.2) is 9.55 Å². The van der Waals surface area contributed by atoms with Crippen molar-refractivity contribution in [3.05, 3.63) is 82.6 Å². The zero-order valence-corrected chi connectivity index (χ0v) is 17.0. The number of nitrogens with zero attached hydrogens (tertiary/aromatic N) is 2. The summed E-state index contributed by atoms with van der Waals surface area (Å²) >= 11 is 0. The van der Waals surface area contributed by atoms with Crippen LogP contribution in [0, 0.1) is 0 Å². The fourth-order valence-electron chi connectivity index (χ4n) is 3.29. The summed E-state index contributed by atoms with van der Waals surface area (Å²) in [5.74, 6) is -0.131. The lowest BCUT2D eigenvalue weighted by Gasteiger charge is -2.13. The molecule has 1 aromatic heterocycles. The van der Waals surface area contributed by atoms with Crippen LogP contribution in [0.5, 0.6) is 0 Å². The highest BCUT2D eigenvalue weighted by atomic mass is 32.2. The van der Waals surface area contributed by atoms with Crippen molar-refractivity contribution in [2.24, 2.45) is 0 Å². The standard InChI is InChI=1S/C22H16F3N3O2S/c1-31(30)17-4-2-3-13(11-17)14-5-10-19-18(12-14)20(29)28(21(26)27-19)16-8-6-15(7-9-16)22(23,24)25/h2-12H,1H3,(H2,26,27). The van der Waals surface area contributed by atoms with Crippen molar-refractivity contribution in [1.82, 2.24) is 9.55 Å². The van der Waals surface area contributed by atoms with Gasteiger partial charge < -0.3 is 5.73 Å². The summed E-state index contributed by atoms with van der Waals surface area (Å²) < 4.78 is 51.4. The second kappa shape index (κ2) is 7.66. The number of hydrogen-bond donors (Lipinski definition) is 1. The maximum absolute atomic E-state index is 13.2. The Morgan fingerprint density at radius 2 is 1.65 bits per heavy atom. The van der Waals surface area contributed by atoms with E-state index in [0.717, 1.165) is 22.3 Å². The van der Waals surface area contributed by atoms with Gasteiger partial charge in [-0.3, -0.25) is 9.00 Å². The van der Waals surface area contributed by atoms with Gasteiger partial charge >= 0.3 is 6.18 Å². The molecule has 158 valence electrons. The van der Waals surface area contributed by atoms with E-state index in [0.29, 0.717) is 16.0 Å². The third-order valence-corrected chi connectivity index (χ3v) is 5.76. The lowest BCUT2D eigenvalue weighted by atomic mass is 10.0. The molecule has 2 N–H and O–H groups in total. The topological polar surface area (TPSA) is 78.0 Å². The molecule has 0 spiro atoms. The van der Waals surface area contributed by atoms with Gasteiger partial charge in [0.2, 0.25) is 5.95 Å². The van der Waals surface area contributed by atoms with Gasteiger partial charge in [-0.1, -0.05) is 18.2 Å². The summed E-state index contributed by atoms with van der Waals surface area (Å²) in [5, 5.41) is 0.259. The predicted octanol–water partition coefficient (Wildman–Crippen LogP) is 4.39. The normalized spacial score (nSPS) is 12.8. The maximum atomic E-state index is 13.2. The number of aromatic nitrogens is 2. The zero-order chi connectivity index (χ0) is 22.3. The molecule has 9 heteroatoms. The highest BCUT2D eigenvalue weighted by Gasteiger charge is 2.30. The molecule has 0 aliphatic heterocycles. The lowest BCUT2D eigenvalue weighted by Crippen LogP contribution is -2.23. The van der Waals surface area contributed by atoms with Crippen LogP contribution in [0.3, 0.4) is 0 Å². The van der Waals surface area contributed by atoms with Crippen LogP contribution >= 0.6 is 0 Å². The van der Waals surface area contributed by atoms with Crippen molar-refractivity contribution in [3.63, 3.8) is 0 Å². The number of nitrogen functional groups attached to an aromatic ring is 1. The molecule has 0 saturated heterocycles. The number of hydrogen-bond acceptors (Lipinski definition) is 4. The molecule has 0 fully saturated rings. The van der Waals surface area contributed by atoms with E-state index in [2.05, 4.69) is 4.98 Å². The van der Waals surface area contributed by atoms with Gasteiger partial charge in [-0.2, -0.15) is 13.2 Å². The molecule has 4 rings (SSSR count). The van der Waals surface area contributed by atoms with E-state index < -0.39 is 28.1 Å². The van der Waals surface area contributed by atoms with Gasteiger partial charge in [0.1, 0.15) is 0 Å². The van der Waals surface area contributed by atoms with Crippen molar-refractivity contribution >= 4 is 27.7 Å². The first-order valence-corrected chi connectivity index (χ1v) is 10.6. The second-order valence-corrected chi connectivity index (χ2v) is 8.25. The van der Waals surface area contributed by atoms with Gasteiger partial charge in [-0.15, -0.1) is 0 Å². The Bertz CT molecular complexity index is 1380. The SMILES string of the molecule is CS(=O)c1cccc(-c2ccc3nc(N)n(-c4ccc(C(F)(F)F)cc4)c(=O)c3c2)c1. The molecular formula is C22H16F3N3O2S. The third-order valence-electron chi connectivity index (χ3n) is 4.85. The molecule has 1 unspecified atom stereocenters. The van der Waals surface area contributed by atoms with Crippen LogP contribution in [0.15, 0.2) is 76.4 Å². The number of alkyl halides is 3. The lowest BCUT2D eigenvalue weighted by molar-refractivity contribution is -0.137. The zero-order valence-electron chi connectivity index (χ0n) is 16.2. The Labute approximate surface area is 177 Å². The fourth-order valence-corrected chi connectivity index (χ4v) is 3.85. The molecule has 0 bridgehead atoms. The Hall–Kier alpha value is -3.46. The van der Waals surface area contributed by atoms with Crippen LogP contribution in [0.4, 0.5) is 19.1 Å². The summed E-state index contributed by atoms with van der Waals surface area (Å²) in [6.45, 7) is 0. The van der Waals surface area contributed by atoms with Gasteiger partial charge in [0.05, 0.1) is 22.2 Å². The minimum absolute atomic E-state index is 0.131. The van der Waals surface area contributed by atoms with E-state index in [1.165, 1.54) is 12.1 Å². The second-order valence-electron chi connectivity index (χ2n) is 6.87. The van der Waals surface area contributed by atoms with Crippen molar-refractivity contribution in [1.29, 1.82) is 0 Å². The molecule has 0 aliphatic rings. The van der Waals surface area contributed by atoms with Gasteiger partial charge in [0.15, 0.2) is 0 Å². The number of fused-ring (bicyclic) bond motifs is 1. The first kappa shape index (κ1) is 20.8. The molecule has 31 heavy (non-hydrogen) atoms. The first-order chi connectivity index (χ1) is 14.6. The van der Waals surface area contributed by atoms with E-state index >= 15 is 0 Å². The maximum Gasteiger partial charge on any atom is 0.416 e. The highest BCUT2D eigenvalue weighted by molar-refractivity contribution is 7.84. The van der Waals surface area contributed by atoms with Crippen LogP contribution < -0.4 is 11.3 Å². The van der Waals surface area contributed by atoms with E-state index in [9.17, 15) is 22.2 Å². The largest absolute Gasteiger partial charge is 0.416 e. The Kier molecular flexibility index (Phi) is 5.14. The fraction of sp³-hybridized carbons (Fsp3) is 0.0909. The third kappa shape index (κ3) is 3.96. The summed E-state index contributed by atoms with van der Waals surface area (Å²) in [7, 11) is -1.16. The monoisotopic (exact) mass is 443 g/mol. The number of nitrogens with two attached hydrogens (primary N) is 1. The van der Waals surface area contributed by atoms with E-state index in [1.54, 1.807) is 42.7 Å². The Morgan fingerprint density at radius 3 is 2.29 bits per heavy atom. The number of benzene rings is 3. The first-order valence-electron chi connectivity index (χ1n) is 9.09. The van der Waals surface area contributed by atoms with Crippen LogP contribution in [-0.4, -0.2) is 20.0 Å². The minimum Gasteiger partial charge on any atom is -0.369 e. The smallest absolute Gasteiger partial charge is 0.369 e. The van der Waals surface area contributed by atoms with Crippen LogP contribution in [0.1, 0.15) is 5.56 Å². The highest BCUT2D eigenvalue weighted by Crippen LogP contribution is 2.30. The van der Waals surface area contributed by atoms with E-state index in [1.807, 2.05) is 6.07 Å². The van der Waals surface area contributed by atoms with Crippen LogP contribution in [0.2, 0.25) is 0 Å². The van der Waals surface area contributed by atoms with E-state index in [4.69, 9.17) is 5.73 Å². The number of halogens is 3. The molecule has 3 aromatic carbocycles. The quantitative estimate of drug-likeness (QED) is 0.509. The predicted molar refractivity (Wildman–Crippen MR) is 115 cm³/mol. The van der Waals surface area contributed by atoms with Crippen molar-refractivity contribution in [2.75, 3.05) is 12.0 Å². The summed E-state index contributed by atoms with van der Waals surface area (Å²) in [6, 6.07) is 16.3. The molecule has 0 saturated carbocycles.